The number of aliphatic hydroxyl groups excluding tert-OH is 1. The summed E-state index contributed by atoms with van der Waals surface area (Å²) in [7, 11) is 0. The van der Waals surface area contributed by atoms with Gasteiger partial charge in [-0.2, -0.15) is 13.2 Å². The number of hydrogen-bond acceptors (Lipinski definition) is 4. The third-order valence-electron chi connectivity index (χ3n) is 3.24. The number of nitrogens with zero attached hydrogens (tertiary/aromatic N) is 1. The average Bonchev–Trinajstić information content (AvgIpc) is 2.24. The van der Waals surface area contributed by atoms with E-state index in [1.165, 1.54) is 0 Å². The smallest absolute Gasteiger partial charge is 0.396 e. The zero-order valence-electron chi connectivity index (χ0n) is 9.59. The van der Waals surface area contributed by atoms with Crippen LogP contribution in [0.5, 0.6) is 0 Å². The molecule has 0 aliphatic heterocycles. The van der Waals surface area contributed by atoms with Crippen molar-refractivity contribution < 1.29 is 18.3 Å². The molecule has 4 nitrogen and oxygen atoms in total. The van der Waals surface area contributed by atoms with Crippen molar-refractivity contribution in [1.82, 2.24) is 4.98 Å². The molecule has 0 amide bonds. The maximum absolute atomic E-state index is 12.5. The lowest BCUT2D eigenvalue weighted by Gasteiger charge is -2.42. The number of aliphatic hydroxyl groups is 1. The second-order valence-electron chi connectivity index (χ2n) is 4.57. The van der Waals surface area contributed by atoms with Gasteiger partial charge in [-0.3, -0.25) is 0 Å². The summed E-state index contributed by atoms with van der Waals surface area (Å²) in [6.07, 6.45) is -1.16. The Morgan fingerprint density at radius 3 is 2.56 bits per heavy atom. The van der Waals surface area contributed by atoms with Gasteiger partial charge in [0.2, 0.25) is 0 Å². The zero-order valence-corrected chi connectivity index (χ0v) is 9.59. The van der Waals surface area contributed by atoms with Gasteiger partial charge in [0.15, 0.2) is 0 Å². The molecule has 1 fully saturated rings. The van der Waals surface area contributed by atoms with E-state index in [0.29, 0.717) is 12.8 Å². The summed E-state index contributed by atoms with van der Waals surface area (Å²) in [5.41, 5.74) is 4.38. The molecule has 0 aromatic carbocycles. The molecule has 0 radical (unpaired) electrons. The summed E-state index contributed by atoms with van der Waals surface area (Å²) in [5, 5.41) is 12.2. The summed E-state index contributed by atoms with van der Waals surface area (Å²) < 4.78 is 37.6. The first kappa shape index (κ1) is 12.9. The topological polar surface area (TPSA) is 71.2 Å². The van der Waals surface area contributed by atoms with Gasteiger partial charge in [-0.1, -0.05) is 0 Å². The molecule has 4 N–H and O–H groups in total. The fraction of sp³-hybridized carbons (Fsp3) is 0.545. The highest BCUT2D eigenvalue weighted by molar-refractivity contribution is 5.66. The number of hydrogen-bond donors (Lipinski definition) is 3. The van der Waals surface area contributed by atoms with E-state index in [-0.39, 0.29) is 18.0 Å². The third-order valence-corrected chi connectivity index (χ3v) is 3.24. The molecule has 1 heterocycles. The van der Waals surface area contributed by atoms with Crippen LogP contribution >= 0.6 is 0 Å². The number of aromatic nitrogens is 1. The number of anilines is 2. The molecule has 18 heavy (non-hydrogen) atoms. The molecule has 0 atom stereocenters. The van der Waals surface area contributed by atoms with Crippen molar-refractivity contribution in [3.8, 4) is 0 Å². The van der Waals surface area contributed by atoms with E-state index in [9.17, 15) is 18.3 Å². The Hall–Kier alpha value is -1.50. The van der Waals surface area contributed by atoms with Gasteiger partial charge in [-0.05, 0) is 25.3 Å². The number of nitrogens with two attached hydrogens (primary N) is 1. The van der Waals surface area contributed by atoms with Gasteiger partial charge >= 0.3 is 6.18 Å². The lowest BCUT2D eigenvalue weighted by Crippen LogP contribution is -2.48. The Bertz CT molecular complexity index is 438. The van der Waals surface area contributed by atoms with Crippen LogP contribution in [0.3, 0.4) is 0 Å². The summed E-state index contributed by atoms with van der Waals surface area (Å²) in [6.45, 7) is -0.129. The van der Waals surface area contributed by atoms with Crippen molar-refractivity contribution in [3.63, 3.8) is 0 Å². The summed E-state index contributed by atoms with van der Waals surface area (Å²) in [4.78, 5) is 3.26. The predicted octanol–water partition coefficient (Wildman–Crippen LogP) is 2.01. The predicted molar refractivity (Wildman–Crippen MR) is 60.9 cm³/mol. The van der Waals surface area contributed by atoms with Crippen molar-refractivity contribution >= 4 is 11.4 Å². The largest absolute Gasteiger partial charge is 0.433 e. The second-order valence-corrected chi connectivity index (χ2v) is 4.57. The van der Waals surface area contributed by atoms with Crippen LogP contribution in [0.2, 0.25) is 0 Å². The van der Waals surface area contributed by atoms with Crippen LogP contribution in [-0.4, -0.2) is 22.2 Å². The third kappa shape index (κ3) is 2.35. The van der Waals surface area contributed by atoms with Crippen LogP contribution in [0.1, 0.15) is 25.0 Å². The highest BCUT2D eigenvalue weighted by atomic mass is 19.4. The maximum Gasteiger partial charge on any atom is 0.433 e. The van der Waals surface area contributed by atoms with Gasteiger partial charge in [-0.15, -0.1) is 0 Å². The SMILES string of the molecule is Nc1cnc(C(F)(F)F)cc1NC1(CO)CCC1. The van der Waals surface area contributed by atoms with Crippen molar-refractivity contribution in [2.24, 2.45) is 0 Å². The fourth-order valence-electron chi connectivity index (χ4n) is 1.94. The van der Waals surface area contributed by atoms with E-state index in [0.717, 1.165) is 18.7 Å². The van der Waals surface area contributed by atoms with E-state index in [2.05, 4.69) is 10.3 Å². The van der Waals surface area contributed by atoms with Crippen molar-refractivity contribution in [2.75, 3.05) is 17.7 Å². The fourth-order valence-corrected chi connectivity index (χ4v) is 1.94. The first-order valence-electron chi connectivity index (χ1n) is 5.58. The van der Waals surface area contributed by atoms with Crippen molar-refractivity contribution in [2.45, 2.75) is 31.0 Å². The molecule has 1 saturated carbocycles. The van der Waals surface area contributed by atoms with Gasteiger partial charge in [0, 0.05) is 0 Å². The van der Waals surface area contributed by atoms with Crippen LogP contribution < -0.4 is 11.1 Å². The van der Waals surface area contributed by atoms with Crippen LogP contribution in [0.15, 0.2) is 12.3 Å². The quantitative estimate of drug-likeness (QED) is 0.778. The van der Waals surface area contributed by atoms with E-state index in [4.69, 9.17) is 5.73 Å². The number of nitrogens with one attached hydrogen (secondary N) is 1. The summed E-state index contributed by atoms with van der Waals surface area (Å²) >= 11 is 0. The molecule has 1 aliphatic rings. The van der Waals surface area contributed by atoms with Crippen molar-refractivity contribution in [1.29, 1.82) is 0 Å². The van der Waals surface area contributed by atoms with E-state index in [1.54, 1.807) is 0 Å². The van der Waals surface area contributed by atoms with Crippen LogP contribution in [-0.2, 0) is 6.18 Å². The van der Waals surface area contributed by atoms with Gasteiger partial charge in [-0.25, -0.2) is 4.98 Å². The Kier molecular flexibility index (Phi) is 3.10. The number of halogens is 3. The average molecular weight is 261 g/mol. The van der Waals surface area contributed by atoms with E-state index < -0.39 is 17.4 Å². The molecule has 1 aromatic rings. The first-order chi connectivity index (χ1) is 8.36. The molecule has 7 heteroatoms. The van der Waals surface area contributed by atoms with Gasteiger partial charge in [0.25, 0.3) is 0 Å². The monoisotopic (exact) mass is 261 g/mol. The van der Waals surface area contributed by atoms with Crippen LogP contribution in [0, 0.1) is 0 Å². The van der Waals surface area contributed by atoms with Gasteiger partial charge in [0.1, 0.15) is 5.69 Å². The molecule has 1 aromatic heterocycles. The standard InChI is InChI=1S/C11H14F3N3O/c12-11(13,14)9-4-8(7(15)5-16-9)17-10(6-18)2-1-3-10/h4-5,18H,1-3,6,15H2,(H,16,17). The Labute approximate surface area is 102 Å². The highest BCUT2D eigenvalue weighted by Crippen LogP contribution is 2.38. The van der Waals surface area contributed by atoms with Gasteiger partial charge in [0.05, 0.1) is 29.7 Å². The lowest BCUT2D eigenvalue weighted by molar-refractivity contribution is -0.141. The van der Waals surface area contributed by atoms with E-state index in [1.807, 2.05) is 0 Å². The first-order valence-corrected chi connectivity index (χ1v) is 5.58. The summed E-state index contributed by atoms with van der Waals surface area (Å²) in [5.74, 6) is 0. The molecule has 0 saturated heterocycles. The number of nitrogen functional groups attached to an aromatic ring is 1. The molecule has 0 bridgehead atoms. The number of rotatable bonds is 3. The molecule has 2 rings (SSSR count). The molecular weight excluding hydrogens is 247 g/mol. The van der Waals surface area contributed by atoms with Crippen molar-refractivity contribution in [3.05, 3.63) is 18.0 Å². The van der Waals surface area contributed by atoms with Gasteiger partial charge < -0.3 is 16.2 Å². The highest BCUT2D eigenvalue weighted by Gasteiger charge is 2.38. The minimum atomic E-state index is -4.50. The Morgan fingerprint density at radius 1 is 1.44 bits per heavy atom. The summed E-state index contributed by atoms with van der Waals surface area (Å²) in [6, 6.07) is 0.880. The second kappa shape index (κ2) is 4.31. The molecular formula is C11H14F3N3O. The van der Waals surface area contributed by atoms with Crippen LogP contribution in [0.25, 0.3) is 0 Å². The normalized spacial score (nSPS) is 18.2. The number of pyridine rings is 1. The van der Waals surface area contributed by atoms with E-state index >= 15 is 0 Å². The minimum Gasteiger partial charge on any atom is -0.396 e. The number of alkyl halides is 3. The molecule has 0 spiro atoms. The lowest BCUT2D eigenvalue weighted by atomic mass is 9.77. The minimum absolute atomic E-state index is 0.129. The molecule has 0 unspecified atom stereocenters. The maximum atomic E-state index is 12.5. The Morgan fingerprint density at radius 2 is 2.11 bits per heavy atom. The van der Waals surface area contributed by atoms with Crippen LogP contribution in [0.4, 0.5) is 24.5 Å². The molecule has 100 valence electrons. The molecule has 1 aliphatic carbocycles. The Balaban J connectivity index is 2.27. The zero-order chi connectivity index (χ0) is 13.4.